The summed E-state index contributed by atoms with van der Waals surface area (Å²) in [4.78, 5) is 0. The molecule has 2 aliphatic rings. The van der Waals surface area contributed by atoms with Gasteiger partial charge in [-0.2, -0.15) is 0 Å². The first-order chi connectivity index (χ1) is 14.9. The number of allylic oxidation sites excluding steroid dienone is 5. The average Bonchev–Trinajstić information content (AvgIpc) is 3.47. The normalized spacial score (nSPS) is 15.1. The van der Waals surface area contributed by atoms with E-state index in [-0.39, 0.29) is 24.8 Å². The molecule has 3 aromatic carbocycles. The van der Waals surface area contributed by atoms with Crippen molar-refractivity contribution >= 4 is 9.28 Å². The first-order valence-corrected chi connectivity index (χ1v) is 14.7. The van der Waals surface area contributed by atoms with Gasteiger partial charge in [-0.1, -0.05) is 0 Å². The van der Waals surface area contributed by atoms with E-state index in [2.05, 4.69) is 115 Å². The molecule has 5 rings (SSSR count). The van der Waals surface area contributed by atoms with Crippen LogP contribution in [-0.4, -0.2) is 3.21 Å². The van der Waals surface area contributed by atoms with Crippen molar-refractivity contribution in [2.75, 3.05) is 0 Å². The molecule has 0 nitrogen and oxygen atoms in total. The number of rotatable bonds is 6. The van der Waals surface area contributed by atoms with Gasteiger partial charge in [-0.25, -0.2) is 0 Å². The summed E-state index contributed by atoms with van der Waals surface area (Å²) in [5.74, 6) is 0. The van der Waals surface area contributed by atoms with Crippen molar-refractivity contribution < 1.29 is 46.1 Å². The fraction of sp³-hybridized carbons (Fsp3) is 0.138. The van der Waals surface area contributed by atoms with Crippen molar-refractivity contribution in [3.63, 3.8) is 0 Å². The second kappa shape index (κ2) is 11.9. The van der Waals surface area contributed by atoms with Crippen molar-refractivity contribution in [2.24, 2.45) is 0 Å². The molecule has 0 radical (unpaired) electrons. The maximum Gasteiger partial charge on any atom is -1.00 e. The van der Waals surface area contributed by atoms with Crippen LogP contribution in [0.4, 0.5) is 0 Å². The fourth-order valence-electron chi connectivity index (χ4n) is 4.73. The van der Waals surface area contributed by atoms with Crippen molar-refractivity contribution in [1.82, 2.24) is 0 Å². The summed E-state index contributed by atoms with van der Waals surface area (Å²) in [6.45, 7) is 0. The van der Waals surface area contributed by atoms with Crippen molar-refractivity contribution in [3.05, 3.63) is 135 Å². The van der Waals surface area contributed by atoms with Crippen LogP contribution in [0, 0.1) is 0 Å². The minimum Gasteiger partial charge on any atom is -1.00 e. The number of hydrogen-bond acceptors (Lipinski definition) is 0. The molecule has 0 bridgehead atoms. The molecule has 0 aliphatic heterocycles. The van der Waals surface area contributed by atoms with Gasteiger partial charge in [0, 0.05) is 0 Å². The van der Waals surface area contributed by atoms with Gasteiger partial charge in [0.15, 0.2) is 0 Å². The van der Waals surface area contributed by atoms with Gasteiger partial charge in [0.2, 0.25) is 0 Å². The van der Waals surface area contributed by atoms with Crippen LogP contribution in [0.5, 0.6) is 0 Å². The zero-order valence-corrected chi connectivity index (χ0v) is 21.9. The maximum atomic E-state index is 2.52. The molecule has 0 heterocycles. The van der Waals surface area contributed by atoms with E-state index in [1.54, 1.807) is 12.1 Å². The molecule has 0 saturated heterocycles. The third-order valence-corrected chi connectivity index (χ3v) is 14.2. The molecule has 2 aliphatic carbocycles. The third kappa shape index (κ3) is 5.58. The van der Waals surface area contributed by atoms with Crippen LogP contribution in [0.15, 0.2) is 113 Å². The summed E-state index contributed by atoms with van der Waals surface area (Å²) in [5.41, 5.74) is 5.87. The predicted octanol–water partition coefficient (Wildman–Crippen LogP) is 0.882. The number of halogens is 2. The molecule has 0 saturated carbocycles. The molecule has 160 valence electrons. The predicted molar refractivity (Wildman–Crippen MR) is 125 cm³/mol. The number of hydrogen-bond donors (Lipinski definition) is 0. The smallest absolute Gasteiger partial charge is 1.00 e. The summed E-state index contributed by atoms with van der Waals surface area (Å²) in [5, 5.41) is 0. The Morgan fingerprint density at radius 1 is 0.750 bits per heavy atom. The van der Waals surface area contributed by atoms with E-state index < -0.39 is 21.3 Å². The van der Waals surface area contributed by atoms with E-state index >= 15 is 0 Å². The van der Waals surface area contributed by atoms with Crippen molar-refractivity contribution in [1.29, 1.82) is 0 Å². The van der Waals surface area contributed by atoms with Gasteiger partial charge in [-0.15, -0.1) is 0 Å². The van der Waals surface area contributed by atoms with Crippen LogP contribution in [0.2, 0.25) is 0 Å². The van der Waals surface area contributed by atoms with E-state index in [0.29, 0.717) is 3.63 Å². The number of fused-ring (bicyclic) bond motifs is 1. The summed E-state index contributed by atoms with van der Waals surface area (Å²) >= 11 is -2.16. The Hall–Kier alpha value is -1.79. The molecular formula is C29H26Cl2Zr. The summed E-state index contributed by atoms with van der Waals surface area (Å²) in [6.07, 6.45) is 15.3. The molecular weight excluding hydrogens is 510 g/mol. The minimum absolute atomic E-state index is 0. The monoisotopic (exact) mass is 534 g/mol. The molecule has 1 unspecified atom stereocenters. The van der Waals surface area contributed by atoms with Crippen LogP contribution in [0.1, 0.15) is 32.3 Å². The second-order valence-electron chi connectivity index (χ2n) is 8.13. The van der Waals surface area contributed by atoms with Gasteiger partial charge in [-0.05, 0) is 0 Å². The van der Waals surface area contributed by atoms with Crippen LogP contribution in [0.3, 0.4) is 0 Å². The summed E-state index contributed by atoms with van der Waals surface area (Å²) < 4.78 is 4.15. The fourth-order valence-corrected chi connectivity index (χ4v) is 13.5. The largest absolute Gasteiger partial charge is 1.00 e. The molecule has 0 fully saturated rings. The van der Waals surface area contributed by atoms with Gasteiger partial charge < -0.3 is 24.8 Å². The summed E-state index contributed by atoms with van der Waals surface area (Å²) in [7, 11) is 0. The van der Waals surface area contributed by atoms with E-state index in [1.165, 1.54) is 16.7 Å². The Morgan fingerprint density at radius 2 is 1.34 bits per heavy atom. The molecule has 0 amide bonds. The Kier molecular flexibility index (Phi) is 9.24. The van der Waals surface area contributed by atoms with Crippen LogP contribution < -0.4 is 24.8 Å². The second-order valence-corrected chi connectivity index (χ2v) is 15.0. The molecule has 0 N–H and O–H groups in total. The number of benzene rings is 3. The van der Waals surface area contributed by atoms with E-state index in [1.807, 2.05) is 0 Å². The van der Waals surface area contributed by atoms with E-state index in [4.69, 9.17) is 0 Å². The van der Waals surface area contributed by atoms with Gasteiger partial charge in [0.1, 0.15) is 0 Å². The Bertz CT molecular complexity index is 1110. The molecule has 1 atom stereocenters. The van der Waals surface area contributed by atoms with Crippen molar-refractivity contribution in [2.45, 2.75) is 22.9 Å². The molecule has 0 aromatic heterocycles. The summed E-state index contributed by atoms with van der Waals surface area (Å²) in [6, 6.07) is 31.2. The zero-order chi connectivity index (χ0) is 20.2. The average molecular weight is 537 g/mol. The SMILES string of the molecule is C1=CC[C]([Zr+2](=[C](Cc2ccccc2)Cc2ccccc2)[CH]2C=Cc3ccccc32)=C1.[Cl-].[Cl-]. The van der Waals surface area contributed by atoms with Crippen LogP contribution in [-0.2, 0) is 34.1 Å². The first-order valence-electron chi connectivity index (χ1n) is 10.8. The van der Waals surface area contributed by atoms with Gasteiger partial charge in [0.05, 0.1) is 0 Å². The Morgan fingerprint density at radius 3 is 1.94 bits per heavy atom. The van der Waals surface area contributed by atoms with Gasteiger partial charge in [0.25, 0.3) is 0 Å². The first kappa shape index (κ1) is 24.8. The van der Waals surface area contributed by atoms with E-state index in [9.17, 15) is 0 Å². The van der Waals surface area contributed by atoms with Crippen LogP contribution in [0.25, 0.3) is 6.08 Å². The van der Waals surface area contributed by atoms with Crippen LogP contribution >= 0.6 is 0 Å². The molecule has 32 heavy (non-hydrogen) atoms. The van der Waals surface area contributed by atoms with E-state index in [0.717, 1.165) is 19.3 Å². The zero-order valence-electron chi connectivity index (χ0n) is 17.9. The quantitative estimate of drug-likeness (QED) is 0.439. The Balaban J connectivity index is 0.00000144. The minimum atomic E-state index is -2.16. The third-order valence-electron chi connectivity index (χ3n) is 6.13. The maximum absolute atomic E-state index is 2.52. The standard InChI is InChI=1S/C15H14.C9H7.C5H5.2ClH.Zr/c1-3-8-14(9-4-1)12-7-13-15-10-5-2-6-11-15;1-2-5-9-7-3-6-8(9)4-1;1-2-4-5-3-1;;;/h1-6,8-11H,12-13H2;1-7H;1-3H,4H2;2*1H;/q;;;;;+2/p-2. The van der Waals surface area contributed by atoms with Gasteiger partial charge in [-0.3, -0.25) is 0 Å². The molecule has 3 aromatic rings. The topological polar surface area (TPSA) is 0 Å². The Labute approximate surface area is 211 Å². The van der Waals surface area contributed by atoms with Crippen molar-refractivity contribution in [3.8, 4) is 0 Å². The molecule has 0 spiro atoms. The van der Waals surface area contributed by atoms with Gasteiger partial charge >= 0.3 is 188 Å². The molecule has 3 heteroatoms.